The zero-order valence-electron chi connectivity index (χ0n) is 14.9. The molecule has 4 heteroatoms. The van der Waals surface area contributed by atoms with E-state index in [1.165, 1.54) is 11.3 Å². The molecular weight excluding hydrogens is 332 g/mol. The van der Waals surface area contributed by atoms with Gasteiger partial charge in [0.25, 0.3) is 0 Å². The third-order valence-corrected chi connectivity index (χ3v) is 5.08. The summed E-state index contributed by atoms with van der Waals surface area (Å²) in [6.07, 6.45) is 0. The summed E-state index contributed by atoms with van der Waals surface area (Å²) in [5.41, 5.74) is 3.28. The Hall–Kier alpha value is -1.84. The topological polar surface area (TPSA) is 23.6 Å². The summed E-state index contributed by atoms with van der Waals surface area (Å²) in [7, 11) is 0. The molecule has 0 aliphatic carbocycles. The molecule has 1 saturated heterocycles. The van der Waals surface area contributed by atoms with Gasteiger partial charge in [-0.1, -0.05) is 49.7 Å². The van der Waals surface area contributed by atoms with Crippen LogP contribution in [0.15, 0.2) is 48.5 Å². The average molecular weight is 357 g/mol. The minimum atomic E-state index is 0.204. The van der Waals surface area contributed by atoms with Crippen LogP contribution in [0.4, 0.5) is 5.69 Å². The standard InChI is InChI=1S/C21H25ClN2O/c1-16(2)17-3-5-18(6-4-17)21(25)15-23-11-13-24(14-12-23)20-9-7-19(22)8-10-20/h3-10,16H,11-15H2,1-2H3. The van der Waals surface area contributed by atoms with Crippen LogP contribution < -0.4 is 4.90 Å². The molecule has 2 aromatic carbocycles. The first-order valence-electron chi connectivity index (χ1n) is 8.89. The first-order chi connectivity index (χ1) is 12.0. The molecule has 0 bridgehead atoms. The number of benzene rings is 2. The molecule has 0 atom stereocenters. The minimum absolute atomic E-state index is 0.204. The molecule has 1 fully saturated rings. The Balaban J connectivity index is 1.53. The third-order valence-electron chi connectivity index (χ3n) is 4.83. The van der Waals surface area contributed by atoms with E-state index in [9.17, 15) is 4.79 Å². The van der Waals surface area contributed by atoms with Crippen LogP contribution >= 0.6 is 11.6 Å². The lowest BCUT2D eigenvalue weighted by atomic mass is 10.0. The highest BCUT2D eigenvalue weighted by atomic mass is 35.5. The van der Waals surface area contributed by atoms with Crippen molar-refractivity contribution in [2.75, 3.05) is 37.6 Å². The van der Waals surface area contributed by atoms with Crippen molar-refractivity contribution in [3.8, 4) is 0 Å². The summed E-state index contributed by atoms with van der Waals surface area (Å²) in [6.45, 7) is 8.49. The van der Waals surface area contributed by atoms with Gasteiger partial charge < -0.3 is 4.90 Å². The molecular formula is C21H25ClN2O. The van der Waals surface area contributed by atoms with E-state index in [0.717, 1.165) is 36.8 Å². The largest absolute Gasteiger partial charge is 0.369 e. The van der Waals surface area contributed by atoms with Gasteiger partial charge in [0.15, 0.2) is 5.78 Å². The van der Waals surface area contributed by atoms with Crippen molar-refractivity contribution in [2.45, 2.75) is 19.8 Å². The number of nitrogens with zero attached hydrogens (tertiary/aromatic N) is 2. The highest BCUT2D eigenvalue weighted by Gasteiger charge is 2.19. The number of piperazine rings is 1. The normalized spacial score (nSPS) is 15.6. The van der Waals surface area contributed by atoms with Gasteiger partial charge in [0.1, 0.15) is 0 Å². The second-order valence-corrected chi connectivity index (χ2v) is 7.38. The number of hydrogen-bond acceptors (Lipinski definition) is 3. The van der Waals surface area contributed by atoms with Crippen molar-refractivity contribution in [1.29, 1.82) is 0 Å². The molecule has 0 N–H and O–H groups in total. The van der Waals surface area contributed by atoms with Crippen LogP contribution in [-0.4, -0.2) is 43.4 Å². The smallest absolute Gasteiger partial charge is 0.176 e. The maximum Gasteiger partial charge on any atom is 0.176 e. The Morgan fingerprint density at radius 3 is 2.12 bits per heavy atom. The highest BCUT2D eigenvalue weighted by Crippen LogP contribution is 2.20. The molecule has 1 aliphatic rings. The molecule has 0 unspecified atom stereocenters. The molecule has 1 aliphatic heterocycles. The zero-order valence-corrected chi connectivity index (χ0v) is 15.7. The van der Waals surface area contributed by atoms with Crippen molar-refractivity contribution in [3.63, 3.8) is 0 Å². The molecule has 1 heterocycles. The van der Waals surface area contributed by atoms with Crippen molar-refractivity contribution < 1.29 is 4.79 Å². The SMILES string of the molecule is CC(C)c1ccc(C(=O)CN2CCN(c3ccc(Cl)cc3)CC2)cc1. The molecule has 0 spiro atoms. The Morgan fingerprint density at radius 1 is 0.960 bits per heavy atom. The molecule has 0 radical (unpaired) electrons. The molecule has 3 rings (SSSR count). The summed E-state index contributed by atoms with van der Waals surface area (Å²) < 4.78 is 0. The molecule has 0 aromatic heterocycles. The predicted octanol–water partition coefficient (Wildman–Crippen LogP) is 4.47. The van der Waals surface area contributed by atoms with Crippen molar-refractivity contribution >= 4 is 23.1 Å². The van der Waals surface area contributed by atoms with E-state index in [1.807, 2.05) is 24.3 Å². The van der Waals surface area contributed by atoms with Gasteiger partial charge in [0, 0.05) is 42.5 Å². The minimum Gasteiger partial charge on any atom is -0.369 e. The maximum atomic E-state index is 12.5. The quantitative estimate of drug-likeness (QED) is 0.738. The predicted molar refractivity (Wildman–Crippen MR) is 105 cm³/mol. The van der Waals surface area contributed by atoms with E-state index in [2.05, 4.69) is 47.9 Å². The van der Waals surface area contributed by atoms with Crippen LogP contribution in [0.1, 0.15) is 35.7 Å². The van der Waals surface area contributed by atoms with Crippen LogP contribution in [0.3, 0.4) is 0 Å². The van der Waals surface area contributed by atoms with Crippen LogP contribution in [0, 0.1) is 0 Å². The Kier molecular flexibility index (Phi) is 5.77. The van der Waals surface area contributed by atoms with Crippen LogP contribution in [0.5, 0.6) is 0 Å². The van der Waals surface area contributed by atoms with Gasteiger partial charge >= 0.3 is 0 Å². The molecule has 0 saturated carbocycles. The van der Waals surface area contributed by atoms with Gasteiger partial charge in [0.2, 0.25) is 0 Å². The number of rotatable bonds is 5. The first-order valence-corrected chi connectivity index (χ1v) is 9.27. The van der Waals surface area contributed by atoms with E-state index in [4.69, 9.17) is 11.6 Å². The second kappa shape index (κ2) is 8.03. The summed E-state index contributed by atoms with van der Waals surface area (Å²) in [5, 5.41) is 0.761. The lowest BCUT2D eigenvalue weighted by Crippen LogP contribution is -2.48. The van der Waals surface area contributed by atoms with Crippen molar-refractivity contribution in [3.05, 3.63) is 64.7 Å². The van der Waals surface area contributed by atoms with Gasteiger partial charge in [-0.3, -0.25) is 9.69 Å². The molecule has 3 nitrogen and oxygen atoms in total. The highest BCUT2D eigenvalue weighted by molar-refractivity contribution is 6.30. The second-order valence-electron chi connectivity index (χ2n) is 6.94. The lowest BCUT2D eigenvalue weighted by Gasteiger charge is -2.35. The zero-order chi connectivity index (χ0) is 17.8. The third kappa shape index (κ3) is 4.62. The number of ketones is 1. The van der Waals surface area contributed by atoms with Crippen LogP contribution in [-0.2, 0) is 0 Å². The fourth-order valence-corrected chi connectivity index (χ4v) is 3.29. The van der Waals surface area contributed by atoms with E-state index in [1.54, 1.807) is 0 Å². The summed E-state index contributed by atoms with van der Waals surface area (Å²) in [4.78, 5) is 17.1. The monoisotopic (exact) mass is 356 g/mol. The fraction of sp³-hybridized carbons (Fsp3) is 0.381. The van der Waals surface area contributed by atoms with E-state index >= 15 is 0 Å². The van der Waals surface area contributed by atoms with Gasteiger partial charge in [-0.15, -0.1) is 0 Å². The summed E-state index contributed by atoms with van der Waals surface area (Å²) in [6, 6.07) is 16.0. The fourth-order valence-electron chi connectivity index (χ4n) is 3.16. The van der Waals surface area contributed by atoms with E-state index in [-0.39, 0.29) is 5.78 Å². The molecule has 25 heavy (non-hydrogen) atoms. The van der Waals surface area contributed by atoms with E-state index < -0.39 is 0 Å². The van der Waals surface area contributed by atoms with Crippen molar-refractivity contribution in [2.24, 2.45) is 0 Å². The maximum absolute atomic E-state index is 12.5. The van der Waals surface area contributed by atoms with Gasteiger partial charge in [-0.2, -0.15) is 0 Å². The Labute approximate surface area is 155 Å². The molecule has 2 aromatic rings. The van der Waals surface area contributed by atoms with Gasteiger partial charge in [-0.05, 0) is 35.7 Å². The lowest BCUT2D eigenvalue weighted by molar-refractivity contribution is 0.0926. The average Bonchev–Trinajstić information content (AvgIpc) is 2.63. The Morgan fingerprint density at radius 2 is 1.56 bits per heavy atom. The van der Waals surface area contributed by atoms with Gasteiger partial charge in [0.05, 0.1) is 6.54 Å². The van der Waals surface area contributed by atoms with Crippen LogP contribution in [0.2, 0.25) is 5.02 Å². The van der Waals surface area contributed by atoms with E-state index in [0.29, 0.717) is 12.5 Å². The van der Waals surface area contributed by atoms with Crippen LogP contribution in [0.25, 0.3) is 0 Å². The summed E-state index contributed by atoms with van der Waals surface area (Å²) in [5.74, 6) is 0.695. The number of carbonyl (C=O) groups excluding carboxylic acids is 1. The summed E-state index contributed by atoms with van der Waals surface area (Å²) >= 11 is 5.95. The molecule has 132 valence electrons. The van der Waals surface area contributed by atoms with Gasteiger partial charge in [-0.25, -0.2) is 0 Å². The molecule has 0 amide bonds. The Bertz CT molecular complexity index is 702. The number of carbonyl (C=O) groups is 1. The van der Waals surface area contributed by atoms with Crippen molar-refractivity contribution in [1.82, 2.24) is 4.90 Å². The number of Topliss-reactive ketones (excluding diaryl/α,β-unsaturated/α-hetero) is 1. The first kappa shape index (κ1) is 18.0. The number of hydrogen-bond donors (Lipinski definition) is 0. The number of anilines is 1. The number of halogens is 1.